The number of carbonyl (C=O) groups excluding carboxylic acids is 1. The van der Waals surface area contributed by atoms with Gasteiger partial charge in [-0.25, -0.2) is 0 Å². The van der Waals surface area contributed by atoms with Gasteiger partial charge in [0.05, 0.1) is 13.2 Å². The smallest absolute Gasteiger partial charge is 0.223 e. The van der Waals surface area contributed by atoms with Gasteiger partial charge in [0.2, 0.25) is 5.91 Å². The van der Waals surface area contributed by atoms with Crippen LogP contribution in [0.3, 0.4) is 0 Å². The molecule has 1 saturated carbocycles. The van der Waals surface area contributed by atoms with Crippen molar-refractivity contribution in [3.63, 3.8) is 0 Å². The highest BCUT2D eigenvalue weighted by molar-refractivity contribution is 5.80. The van der Waals surface area contributed by atoms with Gasteiger partial charge in [-0.2, -0.15) is 0 Å². The molecule has 2 rings (SSSR count). The minimum Gasteiger partial charge on any atom is -0.490 e. The van der Waals surface area contributed by atoms with Crippen molar-refractivity contribution in [3.8, 4) is 11.5 Å². The average molecular weight is 263 g/mol. The summed E-state index contributed by atoms with van der Waals surface area (Å²) in [4.78, 5) is 11.6. The second-order valence-corrected chi connectivity index (χ2v) is 4.64. The van der Waals surface area contributed by atoms with E-state index < -0.39 is 0 Å². The van der Waals surface area contributed by atoms with Crippen molar-refractivity contribution in [2.45, 2.75) is 33.2 Å². The van der Waals surface area contributed by atoms with Crippen LogP contribution in [0.25, 0.3) is 0 Å². The Labute approximate surface area is 114 Å². The summed E-state index contributed by atoms with van der Waals surface area (Å²) in [5, 5.41) is 2.95. The third-order valence-electron chi connectivity index (χ3n) is 3.02. The molecule has 1 aromatic carbocycles. The highest BCUT2D eigenvalue weighted by Gasteiger charge is 2.29. The maximum absolute atomic E-state index is 11.6. The Bertz CT molecular complexity index is 441. The van der Waals surface area contributed by atoms with Crippen molar-refractivity contribution in [3.05, 3.63) is 23.8 Å². The molecular formula is C15H21NO3. The summed E-state index contributed by atoms with van der Waals surface area (Å²) in [5.41, 5.74) is 1.03. The number of hydrogen-bond acceptors (Lipinski definition) is 3. The molecule has 0 aliphatic heterocycles. The molecule has 0 saturated heterocycles. The van der Waals surface area contributed by atoms with Gasteiger partial charge in [0, 0.05) is 12.5 Å². The average Bonchev–Trinajstić information content (AvgIpc) is 3.23. The van der Waals surface area contributed by atoms with Crippen LogP contribution in [0.5, 0.6) is 11.5 Å². The van der Waals surface area contributed by atoms with E-state index in [1.165, 1.54) is 0 Å². The number of nitrogens with one attached hydrogen (secondary N) is 1. The molecule has 1 aromatic rings. The van der Waals surface area contributed by atoms with Gasteiger partial charge in [0.1, 0.15) is 0 Å². The summed E-state index contributed by atoms with van der Waals surface area (Å²) in [6.45, 7) is 5.63. The monoisotopic (exact) mass is 263 g/mol. The van der Waals surface area contributed by atoms with Crippen LogP contribution in [-0.2, 0) is 11.3 Å². The van der Waals surface area contributed by atoms with Crippen LogP contribution in [0.2, 0.25) is 0 Å². The molecule has 0 radical (unpaired) electrons. The fourth-order valence-corrected chi connectivity index (χ4v) is 1.88. The first-order valence-electron chi connectivity index (χ1n) is 6.90. The number of rotatable bonds is 7. The molecule has 4 heteroatoms. The molecule has 0 atom stereocenters. The largest absolute Gasteiger partial charge is 0.490 e. The predicted octanol–water partition coefficient (Wildman–Crippen LogP) is 2.51. The van der Waals surface area contributed by atoms with E-state index in [-0.39, 0.29) is 11.8 Å². The van der Waals surface area contributed by atoms with Gasteiger partial charge in [0.25, 0.3) is 0 Å². The fourth-order valence-electron chi connectivity index (χ4n) is 1.88. The lowest BCUT2D eigenvalue weighted by Gasteiger charge is -2.12. The van der Waals surface area contributed by atoms with E-state index in [1.807, 2.05) is 32.0 Å². The SMILES string of the molecule is CCOc1ccc(CNC(=O)C2CC2)cc1OCC. The molecule has 0 aromatic heterocycles. The molecule has 1 amide bonds. The maximum Gasteiger partial charge on any atom is 0.223 e. The Morgan fingerprint density at radius 1 is 1.21 bits per heavy atom. The summed E-state index contributed by atoms with van der Waals surface area (Å²) < 4.78 is 11.1. The van der Waals surface area contributed by atoms with Crippen molar-refractivity contribution in [1.29, 1.82) is 0 Å². The molecule has 1 N–H and O–H groups in total. The number of amides is 1. The molecule has 0 heterocycles. The Morgan fingerprint density at radius 3 is 2.53 bits per heavy atom. The minimum absolute atomic E-state index is 0.159. The molecule has 0 spiro atoms. The number of benzene rings is 1. The maximum atomic E-state index is 11.6. The van der Waals surface area contributed by atoms with E-state index in [0.29, 0.717) is 19.8 Å². The van der Waals surface area contributed by atoms with Crippen molar-refractivity contribution in [2.75, 3.05) is 13.2 Å². The van der Waals surface area contributed by atoms with E-state index in [9.17, 15) is 4.79 Å². The first-order chi connectivity index (χ1) is 9.24. The molecule has 1 aliphatic rings. The molecule has 0 unspecified atom stereocenters. The Balaban J connectivity index is 1.99. The topological polar surface area (TPSA) is 47.6 Å². The number of carbonyl (C=O) groups is 1. The van der Waals surface area contributed by atoms with E-state index in [1.54, 1.807) is 0 Å². The van der Waals surface area contributed by atoms with Crippen LogP contribution in [0.1, 0.15) is 32.3 Å². The van der Waals surface area contributed by atoms with Gasteiger partial charge in [-0.3, -0.25) is 4.79 Å². The highest BCUT2D eigenvalue weighted by Crippen LogP contribution is 2.30. The van der Waals surface area contributed by atoms with Crippen LogP contribution in [0, 0.1) is 5.92 Å². The fraction of sp³-hybridized carbons (Fsp3) is 0.533. The standard InChI is InChI=1S/C15H21NO3/c1-3-18-13-8-5-11(9-14(13)19-4-2)10-16-15(17)12-6-7-12/h5,8-9,12H,3-4,6-7,10H2,1-2H3,(H,16,17). The first-order valence-corrected chi connectivity index (χ1v) is 6.90. The van der Waals surface area contributed by atoms with Gasteiger partial charge in [0.15, 0.2) is 11.5 Å². The molecule has 4 nitrogen and oxygen atoms in total. The molecule has 104 valence electrons. The minimum atomic E-state index is 0.159. The second kappa shape index (κ2) is 6.45. The van der Waals surface area contributed by atoms with Crippen LogP contribution in [0.4, 0.5) is 0 Å². The second-order valence-electron chi connectivity index (χ2n) is 4.64. The third-order valence-corrected chi connectivity index (χ3v) is 3.02. The lowest BCUT2D eigenvalue weighted by Crippen LogP contribution is -2.24. The number of ether oxygens (including phenoxy) is 2. The first kappa shape index (κ1) is 13.7. The molecule has 0 bridgehead atoms. The lowest BCUT2D eigenvalue weighted by molar-refractivity contribution is -0.122. The highest BCUT2D eigenvalue weighted by atomic mass is 16.5. The third kappa shape index (κ3) is 3.88. The van der Waals surface area contributed by atoms with Crippen molar-refractivity contribution < 1.29 is 14.3 Å². The molecule has 19 heavy (non-hydrogen) atoms. The Morgan fingerprint density at radius 2 is 1.89 bits per heavy atom. The lowest BCUT2D eigenvalue weighted by atomic mass is 10.2. The summed E-state index contributed by atoms with van der Waals surface area (Å²) in [6.07, 6.45) is 2.05. The van der Waals surface area contributed by atoms with Crippen molar-refractivity contribution in [2.24, 2.45) is 5.92 Å². The van der Waals surface area contributed by atoms with Crippen LogP contribution in [0.15, 0.2) is 18.2 Å². The summed E-state index contributed by atoms with van der Waals surface area (Å²) in [6, 6.07) is 5.79. The predicted molar refractivity (Wildman–Crippen MR) is 73.4 cm³/mol. The quantitative estimate of drug-likeness (QED) is 0.822. The van der Waals surface area contributed by atoms with Gasteiger partial charge >= 0.3 is 0 Å². The van der Waals surface area contributed by atoms with Gasteiger partial charge in [-0.05, 0) is 44.4 Å². The zero-order chi connectivity index (χ0) is 13.7. The van der Waals surface area contributed by atoms with Gasteiger partial charge in [-0.1, -0.05) is 6.07 Å². The molecule has 1 fully saturated rings. The van der Waals surface area contributed by atoms with E-state index >= 15 is 0 Å². The summed E-state index contributed by atoms with van der Waals surface area (Å²) in [5.74, 6) is 1.89. The zero-order valence-corrected chi connectivity index (χ0v) is 11.6. The zero-order valence-electron chi connectivity index (χ0n) is 11.6. The van der Waals surface area contributed by atoms with Crippen LogP contribution < -0.4 is 14.8 Å². The van der Waals surface area contributed by atoms with Gasteiger partial charge in [-0.15, -0.1) is 0 Å². The Kier molecular flexibility index (Phi) is 4.66. The Hall–Kier alpha value is -1.71. The number of hydrogen-bond donors (Lipinski definition) is 1. The summed E-state index contributed by atoms with van der Waals surface area (Å²) >= 11 is 0. The van der Waals surface area contributed by atoms with Crippen LogP contribution >= 0.6 is 0 Å². The normalized spacial score (nSPS) is 14.0. The van der Waals surface area contributed by atoms with Crippen LogP contribution in [-0.4, -0.2) is 19.1 Å². The molecule has 1 aliphatic carbocycles. The molecular weight excluding hydrogens is 242 g/mol. The van der Waals surface area contributed by atoms with Crippen molar-refractivity contribution >= 4 is 5.91 Å². The van der Waals surface area contributed by atoms with Gasteiger partial charge < -0.3 is 14.8 Å². The van der Waals surface area contributed by atoms with E-state index in [4.69, 9.17) is 9.47 Å². The van der Waals surface area contributed by atoms with E-state index in [2.05, 4.69) is 5.32 Å². The van der Waals surface area contributed by atoms with E-state index in [0.717, 1.165) is 29.9 Å². The summed E-state index contributed by atoms with van der Waals surface area (Å²) in [7, 11) is 0. The van der Waals surface area contributed by atoms with Crippen molar-refractivity contribution in [1.82, 2.24) is 5.32 Å².